The number of carboxylic acids is 1. The first-order valence-corrected chi connectivity index (χ1v) is 14.4. The van der Waals surface area contributed by atoms with Crippen LogP contribution < -0.4 is 4.90 Å². The summed E-state index contributed by atoms with van der Waals surface area (Å²) in [6.07, 6.45) is 1.17. The van der Waals surface area contributed by atoms with Gasteiger partial charge in [0.1, 0.15) is 6.10 Å². The second-order valence-electron chi connectivity index (χ2n) is 11.4. The average molecular weight is 598 g/mol. The number of rotatable bonds is 6. The van der Waals surface area contributed by atoms with E-state index in [9.17, 15) is 19.5 Å². The first-order valence-electron chi connectivity index (χ1n) is 14.0. The fourth-order valence-corrected chi connectivity index (χ4v) is 7.00. The summed E-state index contributed by atoms with van der Waals surface area (Å²) in [7, 11) is 0. The predicted molar refractivity (Wildman–Crippen MR) is 150 cm³/mol. The highest BCUT2D eigenvalue weighted by molar-refractivity contribution is 6.28. The Morgan fingerprint density at radius 3 is 2.60 bits per heavy atom. The molecule has 1 aromatic carbocycles. The number of imidazole rings is 1. The first kappa shape index (κ1) is 28.4. The minimum atomic E-state index is -1.18. The lowest BCUT2D eigenvalue weighted by molar-refractivity contribution is -0.166. The zero-order valence-corrected chi connectivity index (χ0v) is 24.3. The summed E-state index contributed by atoms with van der Waals surface area (Å²) in [6, 6.07) is 8.63. The van der Waals surface area contributed by atoms with E-state index in [-0.39, 0.29) is 10.7 Å². The summed E-state index contributed by atoms with van der Waals surface area (Å²) in [5, 5.41) is 9.72. The summed E-state index contributed by atoms with van der Waals surface area (Å²) >= 11 is 6.47. The Hall–Kier alpha value is -3.77. The Bertz CT molecular complexity index is 1560. The number of aryl methyl sites for hydroxylation is 1. The Kier molecular flexibility index (Phi) is 7.30. The number of ether oxygens (including phenoxy) is 3. The van der Waals surface area contributed by atoms with E-state index in [1.54, 1.807) is 0 Å². The normalized spacial score (nSPS) is 27.7. The first-order chi connectivity index (χ1) is 20.1. The topological polar surface area (TPSA) is 146 Å². The lowest BCUT2D eigenvalue weighted by Gasteiger charge is -2.36. The molecule has 1 aliphatic carbocycles. The summed E-state index contributed by atoms with van der Waals surface area (Å²) < 4.78 is 18.7. The fourth-order valence-electron chi connectivity index (χ4n) is 6.84. The van der Waals surface area contributed by atoms with Crippen molar-refractivity contribution in [3.63, 3.8) is 0 Å². The highest BCUT2D eigenvalue weighted by Gasteiger charge is 2.54. The van der Waals surface area contributed by atoms with E-state index in [1.807, 2.05) is 0 Å². The molecular weight excluding hydrogens is 566 g/mol. The van der Waals surface area contributed by atoms with Gasteiger partial charge in [0.25, 0.3) is 0 Å². The quantitative estimate of drug-likeness (QED) is 0.329. The molecular formula is C29H32ClN5O7. The number of fused-ring (bicyclic) bond motifs is 3. The molecule has 0 amide bonds. The number of hydrogen-bond acceptors (Lipinski definition) is 10. The van der Waals surface area contributed by atoms with Crippen molar-refractivity contribution in [2.24, 2.45) is 5.92 Å². The molecule has 3 aromatic rings. The number of carbonyl (C=O) groups is 3. The van der Waals surface area contributed by atoms with Crippen molar-refractivity contribution in [2.45, 2.75) is 76.4 Å². The van der Waals surface area contributed by atoms with Crippen LogP contribution in [0.3, 0.4) is 0 Å². The zero-order chi connectivity index (χ0) is 29.8. The van der Waals surface area contributed by atoms with Crippen molar-refractivity contribution in [1.82, 2.24) is 19.5 Å². The van der Waals surface area contributed by atoms with E-state index in [2.05, 4.69) is 44.1 Å². The van der Waals surface area contributed by atoms with Gasteiger partial charge in [0.05, 0.1) is 12.2 Å². The number of esters is 2. The highest BCUT2D eigenvalue weighted by atomic mass is 35.5. The van der Waals surface area contributed by atoms with Crippen molar-refractivity contribution < 1.29 is 33.7 Å². The summed E-state index contributed by atoms with van der Waals surface area (Å²) in [6.45, 7) is 5.35. The molecule has 6 rings (SSSR count). The fraction of sp³-hybridized carbons (Fsp3) is 0.517. The molecule has 4 heterocycles. The summed E-state index contributed by atoms with van der Waals surface area (Å²) in [5.41, 5.74) is 3.59. The van der Waals surface area contributed by atoms with Crippen LogP contribution in [-0.4, -0.2) is 73.9 Å². The standard InChI is InChI=1S/C29H32ClN5O7/c1-15(27(38)39)21-22(40-16(2)36)23(41-17(3)37)26(42-21)35-14-31-20-24(32-28(30)33-25(20)35)34-12-11-29(13-34)10-6-8-18-7-4-5-9-19(18)29/h4-5,7,9,14-15,21-23,26H,6,8,10-13H2,1-3H3,(H,38,39)/t15?,21-,22-,23-,26-,29?/m1/s1. The van der Waals surface area contributed by atoms with Crippen LogP contribution in [0.5, 0.6) is 0 Å². The Balaban J connectivity index is 1.39. The largest absolute Gasteiger partial charge is 0.481 e. The van der Waals surface area contributed by atoms with Crippen LogP contribution in [-0.2, 0) is 40.4 Å². The number of hydrogen-bond donors (Lipinski definition) is 1. The third-order valence-corrected chi connectivity index (χ3v) is 8.87. The van der Waals surface area contributed by atoms with Gasteiger partial charge in [0.15, 0.2) is 35.4 Å². The SMILES string of the molecule is CC(=O)O[C@@H]1[C@H](OC(C)=O)[C@@H](C(C)C(=O)O)O[C@H]1n1cnc2c(N3CCC4(CCCc5ccccc54)C3)nc(Cl)nc21. The van der Waals surface area contributed by atoms with E-state index in [0.717, 1.165) is 38.8 Å². The van der Waals surface area contributed by atoms with Crippen LogP contribution >= 0.6 is 11.6 Å². The van der Waals surface area contributed by atoms with Crippen molar-refractivity contribution in [1.29, 1.82) is 0 Å². The van der Waals surface area contributed by atoms with Gasteiger partial charge in [-0.25, -0.2) is 4.98 Å². The molecule has 13 heteroatoms. The summed E-state index contributed by atoms with van der Waals surface area (Å²) in [4.78, 5) is 51.8. The zero-order valence-electron chi connectivity index (χ0n) is 23.5. The van der Waals surface area contributed by atoms with Crippen LogP contribution in [0.1, 0.15) is 57.4 Å². The molecule has 2 aliphatic heterocycles. The van der Waals surface area contributed by atoms with Crippen molar-refractivity contribution in [2.75, 3.05) is 18.0 Å². The van der Waals surface area contributed by atoms with Crippen molar-refractivity contribution >= 4 is 46.5 Å². The molecule has 42 heavy (non-hydrogen) atoms. The van der Waals surface area contributed by atoms with E-state index < -0.39 is 48.4 Å². The molecule has 222 valence electrons. The molecule has 2 fully saturated rings. The second-order valence-corrected chi connectivity index (χ2v) is 11.7. The number of carbonyl (C=O) groups excluding carboxylic acids is 2. The van der Waals surface area contributed by atoms with Crippen LogP contribution in [0, 0.1) is 5.92 Å². The monoisotopic (exact) mass is 597 g/mol. The van der Waals surface area contributed by atoms with E-state index in [0.29, 0.717) is 17.0 Å². The number of aliphatic carboxylic acids is 1. The lowest BCUT2D eigenvalue weighted by atomic mass is 9.69. The number of anilines is 1. The molecule has 0 bridgehead atoms. The second kappa shape index (κ2) is 10.8. The van der Waals surface area contributed by atoms with Gasteiger partial charge in [0.2, 0.25) is 5.28 Å². The van der Waals surface area contributed by atoms with Gasteiger partial charge >= 0.3 is 17.9 Å². The van der Waals surface area contributed by atoms with Crippen LogP contribution in [0.15, 0.2) is 30.6 Å². The average Bonchev–Trinajstić information content (AvgIpc) is 3.64. The van der Waals surface area contributed by atoms with Gasteiger partial charge in [-0.2, -0.15) is 9.97 Å². The molecule has 12 nitrogen and oxygen atoms in total. The number of aromatic nitrogens is 4. The minimum Gasteiger partial charge on any atom is -0.481 e. The van der Waals surface area contributed by atoms with Gasteiger partial charge in [-0.15, -0.1) is 0 Å². The lowest BCUT2D eigenvalue weighted by Crippen LogP contribution is -2.42. The molecule has 2 aromatic heterocycles. The highest BCUT2D eigenvalue weighted by Crippen LogP contribution is 2.46. The number of nitrogens with zero attached hydrogens (tertiary/aromatic N) is 5. The van der Waals surface area contributed by atoms with Crippen LogP contribution in [0.4, 0.5) is 5.82 Å². The Morgan fingerprint density at radius 2 is 1.86 bits per heavy atom. The van der Waals surface area contributed by atoms with E-state index in [4.69, 9.17) is 25.8 Å². The third-order valence-electron chi connectivity index (χ3n) is 8.71. The number of carboxylic acid groups (broad SMARTS) is 1. The number of benzene rings is 1. The molecule has 2 unspecified atom stereocenters. The smallest absolute Gasteiger partial charge is 0.309 e. The minimum absolute atomic E-state index is 0.00160. The van der Waals surface area contributed by atoms with Crippen LogP contribution in [0.2, 0.25) is 5.28 Å². The van der Waals surface area contributed by atoms with Crippen molar-refractivity contribution in [3.05, 3.63) is 47.0 Å². The molecule has 2 saturated heterocycles. The molecule has 1 spiro atoms. The molecule has 0 saturated carbocycles. The molecule has 3 aliphatic rings. The molecule has 1 N–H and O–H groups in total. The maximum atomic E-state index is 12.1. The van der Waals surface area contributed by atoms with Crippen LogP contribution in [0.25, 0.3) is 11.2 Å². The maximum Gasteiger partial charge on any atom is 0.309 e. The third kappa shape index (κ3) is 4.86. The number of halogens is 1. The van der Waals surface area contributed by atoms with Gasteiger partial charge in [-0.05, 0) is 55.3 Å². The van der Waals surface area contributed by atoms with Crippen molar-refractivity contribution in [3.8, 4) is 0 Å². The van der Waals surface area contributed by atoms with Gasteiger partial charge in [-0.3, -0.25) is 19.0 Å². The van der Waals surface area contributed by atoms with Gasteiger partial charge in [-0.1, -0.05) is 24.3 Å². The van der Waals surface area contributed by atoms with Gasteiger partial charge < -0.3 is 24.2 Å². The summed E-state index contributed by atoms with van der Waals surface area (Å²) in [5.74, 6) is -2.98. The van der Waals surface area contributed by atoms with E-state index in [1.165, 1.54) is 42.8 Å². The Morgan fingerprint density at radius 1 is 1.12 bits per heavy atom. The van der Waals surface area contributed by atoms with E-state index >= 15 is 0 Å². The Labute approximate surface area is 246 Å². The predicted octanol–water partition coefficient (Wildman–Crippen LogP) is 3.45. The molecule has 6 atom stereocenters. The molecule has 0 radical (unpaired) electrons. The van der Waals surface area contributed by atoms with Gasteiger partial charge in [0, 0.05) is 32.4 Å². The maximum absolute atomic E-state index is 12.1.